The molecule has 0 spiro atoms. The minimum atomic E-state index is -0.291. The zero-order valence-electron chi connectivity index (χ0n) is 10.1. The Bertz CT molecular complexity index is 160. The van der Waals surface area contributed by atoms with Gasteiger partial charge < -0.3 is 4.84 Å². The minimum Gasteiger partial charge on any atom is -0.373 e. The van der Waals surface area contributed by atoms with Crippen molar-refractivity contribution in [1.29, 1.82) is 0 Å². The second kappa shape index (κ2) is 9.97. The van der Waals surface area contributed by atoms with E-state index in [1.165, 1.54) is 38.5 Å². The first-order chi connectivity index (χ1) is 7.22. The maximum absolute atomic E-state index is 11.0. The largest absolute Gasteiger partial charge is 0.373 e. The Morgan fingerprint density at radius 3 is 2.20 bits per heavy atom. The predicted molar refractivity (Wildman–Crippen MR) is 62.1 cm³/mol. The van der Waals surface area contributed by atoms with Crippen molar-refractivity contribution in [2.24, 2.45) is 11.8 Å². The standard InChI is InChI=1S/C12H25NO2/c1-3-4-5-6-7-8-9-10-11(2)12(14)15-13/h11H,3-10,13H2,1-2H3. The van der Waals surface area contributed by atoms with E-state index in [1.807, 2.05) is 6.92 Å². The molecule has 3 heteroatoms. The van der Waals surface area contributed by atoms with Gasteiger partial charge in [0.1, 0.15) is 0 Å². The topological polar surface area (TPSA) is 52.3 Å². The molecule has 90 valence electrons. The molecule has 2 N–H and O–H groups in total. The van der Waals surface area contributed by atoms with Crippen molar-refractivity contribution < 1.29 is 9.63 Å². The molecule has 0 heterocycles. The third-order valence-corrected chi connectivity index (χ3v) is 2.76. The number of rotatable bonds is 9. The van der Waals surface area contributed by atoms with Crippen LogP contribution in [0.5, 0.6) is 0 Å². The summed E-state index contributed by atoms with van der Waals surface area (Å²) in [4.78, 5) is 15.2. The number of hydrogen-bond acceptors (Lipinski definition) is 3. The van der Waals surface area contributed by atoms with Crippen LogP contribution >= 0.6 is 0 Å². The second-order valence-electron chi connectivity index (χ2n) is 4.25. The molecular formula is C12H25NO2. The average molecular weight is 215 g/mol. The maximum atomic E-state index is 11.0. The molecule has 0 aromatic heterocycles. The van der Waals surface area contributed by atoms with E-state index in [1.54, 1.807) is 0 Å². The molecule has 0 saturated carbocycles. The highest BCUT2D eigenvalue weighted by atomic mass is 16.7. The summed E-state index contributed by atoms with van der Waals surface area (Å²) < 4.78 is 0. The molecule has 0 bridgehead atoms. The molecule has 0 rings (SSSR count). The normalized spacial score (nSPS) is 12.5. The van der Waals surface area contributed by atoms with E-state index in [0.717, 1.165) is 12.8 Å². The molecule has 0 saturated heterocycles. The molecule has 0 aromatic carbocycles. The molecule has 0 aliphatic rings. The molecule has 1 atom stereocenters. The van der Waals surface area contributed by atoms with Crippen LogP contribution in [0.3, 0.4) is 0 Å². The fourth-order valence-electron chi connectivity index (χ4n) is 1.64. The van der Waals surface area contributed by atoms with Crippen molar-refractivity contribution >= 4 is 5.97 Å². The van der Waals surface area contributed by atoms with Gasteiger partial charge in [-0.1, -0.05) is 58.8 Å². The first kappa shape index (κ1) is 14.4. The van der Waals surface area contributed by atoms with Crippen molar-refractivity contribution in [3.63, 3.8) is 0 Å². The van der Waals surface area contributed by atoms with E-state index in [4.69, 9.17) is 5.90 Å². The molecule has 0 radical (unpaired) electrons. The van der Waals surface area contributed by atoms with Crippen LogP contribution in [0, 0.1) is 5.92 Å². The highest BCUT2D eigenvalue weighted by molar-refractivity contribution is 5.71. The number of carbonyl (C=O) groups is 1. The second-order valence-corrected chi connectivity index (χ2v) is 4.25. The minimum absolute atomic E-state index is 0.0503. The Hall–Kier alpha value is -0.570. The van der Waals surface area contributed by atoms with Gasteiger partial charge in [0.15, 0.2) is 0 Å². The highest BCUT2D eigenvalue weighted by Crippen LogP contribution is 2.13. The van der Waals surface area contributed by atoms with Crippen molar-refractivity contribution in [2.45, 2.75) is 65.2 Å². The number of hydrogen-bond donors (Lipinski definition) is 1. The van der Waals surface area contributed by atoms with Crippen LogP contribution in [0.15, 0.2) is 0 Å². The SMILES string of the molecule is CCCCCCCCCC(C)C(=O)ON. The fraction of sp³-hybridized carbons (Fsp3) is 0.917. The van der Waals surface area contributed by atoms with Crippen LogP contribution in [0.25, 0.3) is 0 Å². The summed E-state index contributed by atoms with van der Waals surface area (Å²) in [5.41, 5.74) is 0. The molecule has 0 aromatic rings. The van der Waals surface area contributed by atoms with Crippen LogP contribution in [0.4, 0.5) is 0 Å². The molecular weight excluding hydrogens is 190 g/mol. The van der Waals surface area contributed by atoms with Crippen molar-refractivity contribution in [3.8, 4) is 0 Å². The van der Waals surface area contributed by atoms with Gasteiger partial charge in [-0.3, -0.25) is 4.79 Å². The molecule has 0 aliphatic carbocycles. The third kappa shape index (κ3) is 8.43. The Kier molecular flexibility index (Phi) is 9.59. The maximum Gasteiger partial charge on any atom is 0.327 e. The fourth-order valence-corrected chi connectivity index (χ4v) is 1.64. The molecule has 0 amide bonds. The molecule has 15 heavy (non-hydrogen) atoms. The zero-order chi connectivity index (χ0) is 11.5. The van der Waals surface area contributed by atoms with Crippen LogP contribution in [-0.2, 0) is 9.63 Å². The van der Waals surface area contributed by atoms with Gasteiger partial charge in [0.05, 0.1) is 5.92 Å². The van der Waals surface area contributed by atoms with Gasteiger partial charge in [-0.2, -0.15) is 5.90 Å². The number of carbonyl (C=O) groups excluding carboxylic acids is 1. The van der Waals surface area contributed by atoms with Crippen LogP contribution in [0.2, 0.25) is 0 Å². The predicted octanol–water partition coefficient (Wildman–Crippen LogP) is 3.18. The highest BCUT2D eigenvalue weighted by Gasteiger charge is 2.12. The lowest BCUT2D eigenvalue weighted by Gasteiger charge is -2.07. The van der Waals surface area contributed by atoms with Crippen LogP contribution < -0.4 is 5.90 Å². The van der Waals surface area contributed by atoms with Crippen molar-refractivity contribution in [1.82, 2.24) is 0 Å². The van der Waals surface area contributed by atoms with Gasteiger partial charge in [-0.25, -0.2) is 0 Å². The Morgan fingerprint density at radius 2 is 1.67 bits per heavy atom. The van der Waals surface area contributed by atoms with E-state index in [2.05, 4.69) is 11.8 Å². The smallest absolute Gasteiger partial charge is 0.327 e. The van der Waals surface area contributed by atoms with E-state index in [9.17, 15) is 4.79 Å². The van der Waals surface area contributed by atoms with Gasteiger partial charge in [0.25, 0.3) is 0 Å². The lowest BCUT2D eigenvalue weighted by Crippen LogP contribution is -2.18. The van der Waals surface area contributed by atoms with Crippen molar-refractivity contribution in [3.05, 3.63) is 0 Å². The summed E-state index contributed by atoms with van der Waals surface area (Å²) >= 11 is 0. The van der Waals surface area contributed by atoms with Crippen molar-refractivity contribution in [2.75, 3.05) is 0 Å². The third-order valence-electron chi connectivity index (χ3n) is 2.76. The van der Waals surface area contributed by atoms with E-state index in [0.29, 0.717) is 0 Å². The molecule has 0 fully saturated rings. The Balaban J connectivity index is 3.20. The summed E-state index contributed by atoms with van der Waals surface area (Å²) in [6.07, 6.45) is 9.79. The summed E-state index contributed by atoms with van der Waals surface area (Å²) in [6.45, 7) is 4.09. The quantitative estimate of drug-likeness (QED) is 0.474. The zero-order valence-corrected chi connectivity index (χ0v) is 10.1. The van der Waals surface area contributed by atoms with Crippen LogP contribution in [-0.4, -0.2) is 5.97 Å². The van der Waals surface area contributed by atoms with Gasteiger partial charge in [0.2, 0.25) is 0 Å². The van der Waals surface area contributed by atoms with Crippen LogP contribution in [0.1, 0.15) is 65.2 Å². The summed E-state index contributed by atoms with van der Waals surface area (Å²) in [5, 5.41) is 0. The summed E-state index contributed by atoms with van der Waals surface area (Å²) in [6, 6.07) is 0. The molecule has 0 aliphatic heterocycles. The molecule has 3 nitrogen and oxygen atoms in total. The number of unbranched alkanes of at least 4 members (excludes halogenated alkanes) is 6. The summed E-state index contributed by atoms with van der Waals surface area (Å²) in [7, 11) is 0. The first-order valence-corrected chi connectivity index (χ1v) is 6.13. The lowest BCUT2D eigenvalue weighted by molar-refractivity contribution is -0.148. The first-order valence-electron chi connectivity index (χ1n) is 6.13. The average Bonchev–Trinajstić information content (AvgIpc) is 2.26. The van der Waals surface area contributed by atoms with E-state index >= 15 is 0 Å². The number of nitrogens with two attached hydrogens (primary N) is 1. The monoisotopic (exact) mass is 215 g/mol. The van der Waals surface area contributed by atoms with Gasteiger partial charge in [0, 0.05) is 0 Å². The Morgan fingerprint density at radius 1 is 1.13 bits per heavy atom. The van der Waals surface area contributed by atoms with Gasteiger partial charge in [-0.15, -0.1) is 0 Å². The van der Waals surface area contributed by atoms with Gasteiger partial charge in [-0.05, 0) is 6.42 Å². The summed E-state index contributed by atoms with van der Waals surface area (Å²) in [5.74, 6) is 4.47. The van der Waals surface area contributed by atoms with E-state index < -0.39 is 0 Å². The lowest BCUT2D eigenvalue weighted by atomic mass is 10.0. The molecule has 1 unspecified atom stereocenters. The van der Waals surface area contributed by atoms with E-state index in [-0.39, 0.29) is 11.9 Å². The Labute approximate surface area is 93.3 Å². The van der Waals surface area contributed by atoms with Gasteiger partial charge >= 0.3 is 5.97 Å².